The number of fused-ring (bicyclic) bond motifs is 2. The summed E-state index contributed by atoms with van der Waals surface area (Å²) in [6.07, 6.45) is 5.70. The van der Waals surface area contributed by atoms with Crippen LogP contribution in [0.5, 0.6) is 0 Å². The molecule has 2 N–H and O–H groups in total. The van der Waals surface area contributed by atoms with Gasteiger partial charge in [0.25, 0.3) is 0 Å². The lowest BCUT2D eigenvalue weighted by Crippen LogP contribution is -2.50. The van der Waals surface area contributed by atoms with E-state index < -0.39 is 0 Å². The second kappa shape index (κ2) is 4.36. The molecule has 3 nitrogen and oxygen atoms in total. The average Bonchev–Trinajstić information content (AvgIpc) is 2.58. The Morgan fingerprint density at radius 3 is 2.38 bits per heavy atom. The van der Waals surface area contributed by atoms with Gasteiger partial charge in [-0.2, -0.15) is 0 Å². The van der Waals surface area contributed by atoms with E-state index >= 15 is 0 Å². The lowest BCUT2D eigenvalue weighted by molar-refractivity contribution is -0.130. The Kier molecular flexibility index (Phi) is 3.24. The van der Waals surface area contributed by atoms with Crippen LogP contribution in [0.1, 0.15) is 52.9 Å². The molecule has 1 amide bonds. The molecule has 0 aromatic heterocycles. The van der Waals surface area contributed by atoms with Crippen LogP contribution in [-0.4, -0.2) is 24.0 Å². The van der Waals surface area contributed by atoms with E-state index in [2.05, 4.69) is 17.6 Å². The van der Waals surface area contributed by atoms with Crippen molar-refractivity contribution in [3.8, 4) is 0 Å². The maximum Gasteiger partial charge on any atom is 0.225 e. The molecule has 0 aliphatic carbocycles. The molecule has 0 saturated carbocycles. The van der Waals surface area contributed by atoms with Crippen molar-refractivity contribution in [2.75, 3.05) is 0 Å². The third-order valence-corrected chi connectivity index (χ3v) is 4.31. The van der Waals surface area contributed by atoms with Crippen molar-refractivity contribution in [1.82, 2.24) is 10.6 Å². The Balaban J connectivity index is 1.88. The quantitative estimate of drug-likeness (QED) is 0.768. The maximum absolute atomic E-state index is 12.1. The number of hydrogen-bond acceptors (Lipinski definition) is 2. The summed E-state index contributed by atoms with van der Waals surface area (Å²) in [5, 5.41) is 6.83. The van der Waals surface area contributed by atoms with Crippen molar-refractivity contribution >= 4 is 5.91 Å². The fourth-order valence-electron chi connectivity index (χ4n) is 2.72. The van der Waals surface area contributed by atoms with E-state index in [9.17, 15) is 4.79 Å². The summed E-state index contributed by atoms with van der Waals surface area (Å²) >= 11 is 0. The zero-order chi connectivity index (χ0) is 11.8. The normalized spacial score (nSPS) is 33.8. The SMILES string of the molecule is CCC(C)(C)C(=O)NC1CC2CCC(C1)N2. The molecule has 2 atom stereocenters. The molecule has 16 heavy (non-hydrogen) atoms. The lowest BCUT2D eigenvalue weighted by Gasteiger charge is -2.32. The van der Waals surface area contributed by atoms with Gasteiger partial charge in [0.2, 0.25) is 5.91 Å². The molecule has 2 saturated heterocycles. The number of nitrogens with one attached hydrogen (secondary N) is 2. The summed E-state index contributed by atoms with van der Waals surface area (Å²) in [5.41, 5.74) is -0.218. The van der Waals surface area contributed by atoms with Crippen molar-refractivity contribution in [2.45, 2.75) is 71.0 Å². The standard InChI is InChI=1S/C13H24N2O/c1-4-13(2,3)12(16)15-11-7-9-5-6-10(8-11)14-9/h9-11,14H,4-8H2,1-3H3,(H,15,16). The highest BCUT2D eigenvalue weighted by Gasteiger charge is 2.35. The van der Waals surface area contributed by atoms with Crippen LogP contribution < -0.4 is 10.6 Å². The van der Waals surface area contributed by atoms with Gasteiger partial charge in [0.1, 0.15) is 0 Å². The van der Waals surface area contributed by atoms with Gasteiger partial charge in [0.15, 0.2) is 0 Å². The number of piperidine rings is 1. The van der Waals surface area contributed by atoms with Crippen LogP contribution in [0.4, 0.5) is 0 Å². The monoisotopic (exact) mass is 224 g/mol. The highest BCUT2D eigenvalue weighted by atomic mass is 16.2. The third-order valence-electron chi connectivity index (χ3n) is 4.31. The third kappa shape index (κ3) is 2.40. The molecular weight excluding hydrogens is 200 g/mol. The van der Waals surface area contributed by atoms with Crippen LogP contribution >= 0.6 is 0 Å². The van der Waals surface area contributed by atoms with Gasteiger partial charge in [-0.05, 0) is 32.1 Å². The number of carbonyl (C=O) groups excluding carboxylic acids is 1. The smallest absolute Gasteiger partial charge is 0.225 e. The van der Waals surface area contributed by atoms with Crippen molar-refractivity contribution in [2.24, 2.45) is 5.41 Å². The van der Waals surface area contributed by atoms with E-state index in [1.54, 1.807) is 0 Å². The minimum atomic E-state index is -0.218. The zero-order valence-electron chi connectivity index (χ0n) is 10.7. The maximum atomic E-state index is 12.1. The number of rotatable bonds is 3. The Labute approximate surface area is 98.4 Å². The van der Waals surface area contributed by atoms with Crippen LogP contribution in [0.15, 0.2) is 0 Å². The molecule has 0 aromatic carbocycles. The largest absolute Gasteiger partial charge is 0.353 e. The molecule has 2 rings (SSSR count). The molecule has 2 aliphatic heterocycles. The van der Waals surface area contributed by atoms with E-state index in [1.807, 2.05) is 13.8 Å². The molecule has 92 valence electrons. The Morgan fingerprint density at radius 1 is 1.31 bits per heavy atom. The van der Waals surface area contributed by atoms with Gasteiger partial charge in [-0.1, -0.05) is 20.8 Å². The number of hydrogen-bond donors (Lipinski definition) is 2. The van der Waals surface area contributed by atoms with Gasteiger partial charge in [0, 0.05) is 23.5 Å². The van der Waals surface area contributed by atoms with Gasteiger partial charge < -0.3 is 10.6 Å². The summed E-state index contributed by atoms with van der Waals surface area (Å²) in [6.45, 7) is 6.13. The van der Waals surface area contributed by atoms with E-state index in [0.717, 1.165) is 19.3 Å². The fraction of sp³-hybridized carbons (Fsp3) is 0.923. The molecule has 0 radical (unpaired) electrons. The molecular formula is C13H24N2O. The first-order valence-electron chi connectivity index (χ1n) is 6.58. The average molecular weight is 224 g/mol. The van der Waals surface area contributed by atoms with Crippen LogP contribution in [-0.2, 0) is 4.79 Å². The Morgan fingerprint density at radius 2 is 1.88 bits per heavy atom. The molecule has 2 heterocycles. The van der Waals surface area contributed by atoms with Crippen molar-refractivity contribution in [3.63, 3.8) is 0 Å². The minimum Gasteiger partial charge on any atom is -0.353 e. The van der Waals surface area contributed by atoms with E-state index in [-0.39, 0.29) is 11.3 Å². The minimum absolute atomic E-state index is 0.218. The molecule has 0 aromatic rings. The molecule has 2 aliphatic rings. The summed E-state index contributed by atoms with van der Waals surface area (Å²) in [4.78, 5) is 12.1. The summed E-state index contributed by atoms with van der Waals surface area (Å²) < 4.78 is 0. The van der Waals surface area contributed by atoms with Gasteiger partial charge in [-0.15, -0.1) is 0 Å². The first-order chi connectivity index (χ1) is 7.51. The van der Waals surface area contributed by atoms with Gasteiger partial charge in [0.05, 0.1) is 0 Å². The van der Waals surface area contributed by atoms with Gasteiger partial charge >= 0.3 is 0 Å². The predicted octanol–water partition coefficient (Wildman–Crippen LogP) is 1.82. The van der Waals surface area contributed by atoms with Crippen LogP contribution in [0.2, 0.25) is 0 Å². The summed E-state index contributed by atoms with van der Waals surface area (Å²) in [6, 6.07) is 1.69. The number of amides is 1. The van der Waals surface area contributed by atoms with Crippen molar-refractivity contribution < 1.29 is 4.79 Å². The van der Waals surface area contributed by atoms with Gasteiger partial charge in [-0.25, -0.2) is 0 Å². The second-order valence-electron chi connectivity index (χ2n) is 6.02. The highest BCUT2D eigenvalue weighted by molar-refractivity contribution is 5.82. The molecule has 2 unspecified atom stereocenters. The van der Waals surface area contributed by atoms with Crippen molar-refractivity contribution in [3.05, 3.63) is 0 Å². The van der Waals surface area contributed by atoms with E-state index in [1.165, 1.54) is 12.8 Å². The fourth-order valence-corrected chi connectivity index (χ4v) is 2.72. The van der Waals surface area contributed by atoms with Crippen LogP contribution in [0.25, 0.3) is 0 Å². The highest BCUT2D eigenvalue weighted by Crippen LogP contribution is 2.28. The van der Waals surface area contributed by atoms with E-state index in [0.29, 0.717) is 18.1 Å². The van der Waals surface area contributed by atoms with E-state index in [4.69, 9.17) is 0 Å². The molecule has 2 fully saturated rings. The topological polar surface area (TPSA) is 41.1 Å². The summed E-state index contributed by atoms with van der Waals surface area (Å²) in [7, 11) is 0. The predicted molar refractivity (Wildman–Crippen MR) is 65.2 cm³/mol. The van der Waals surface area contributed by atoms with Gasteiger partial charge in [-0.3, -0.25) is 4.79 Å². The molecule has 0 spiro atoms. The second-order valence-corrected chi connectivity index (χ2v) is 6.02. The van der Waals surface area contributed by atoms with Crippen LogP contribution in [0, 0.1) is 5.41 Å². The molecule has 2 bridgehead atoms. The molecule has 3 heteroatoms. The first kappa shape index (κ1) is 11.9. The lowest BCUT2D eigenvalue weighted by atomic mass is 9.88. The zero-order valence-corrected chi connectivity index (χ0v) is 10.7. The Hall–Kier alpha value is -0.570. The van der Waals surface area contributed by atoms with Crippen molar-refractivity contribution in [1.29, 1.82) is 0 Å². The van der Waals surface area contributed by atoms with Crippen LogP contribution in [0.3, 0.4) is 0 Å². The Bertz CT molecular complexity index is 263. The summed E-state index contributed by atoms with van der Waals surface area (Å²) in [5.74, 6) is 0.223. The first-order valence-corrected chi connectivity index (χ1v) is 6.58. The number of carbonyl (C=O) groups is 1.